The third-order valence-corrected chi connectivity index (χ3v) is 8.12. The molecular weight excluding hydrogens is 444 g/mol. The molecule has 0 N–H and O–H groups in total. The first-order valence-corrected chi connectivity index (χ1v) is 14.5. The molecule has 0 amide bonds. The molecule has 1 unspecified atom stereocenters. The first kappa shape index (κ1) is 27.5. The van der Waals surface area contributed by atoms with Gasteiger partial charge in [-0.3, -0.25) is 0 Å². The summed E-state index contributed by atoms with van der Waals surface area (Å²) in [5.74, 6) is 0.221. The predicted molar refractivity (Wildman–Crippen MR) is 154 cm³/mol. The van der Waals surface area contributed by atoms with Gasteiger partial charge in [0.2, 0.25) is 0 Å². The monoisotopic (exact) mass is 488 g/mol. The summed E-state index contributed by atoms with van der Waals surface area (Å²) < 4.78 is 0. The van der Waals surface area contributed by atoms with E-state index in [1.165, 1.54) is 93.7 Å². The molecule has 0 aliphatic rings. The maximum absolute atomic E-state index is 7.73. The molecule has 0 aliphatic heterocycles. The summed E-state index contributed by atoms with van der Waals surface area (Å²) in [6.45, 7) is 2.29. The third kappa shape index (κ3) is 8.53. The molecular formula is C34H45Cl. The summed E-state index contributed by atoms with van der Waals surface area (Å²) >= 11 is 7.73. The first-order chi connectivity index (χ1) is 17.3. The third-order valence-electron chi connectivity index (χ3n) is 7.42. The van der Waals surface area contributed by atoms with Gasteiger partial charge in [-0.2, -0.15) is 0 Å². The van der Waals surface area contributed by atoms with E-state index in [1.807, 2.05) is 0 Å². The van der Waals surface area contributed by atoms with Crippen LogP contribution in [0.25, 0.3) is 0 Å². The molecule has 35 heavy (non-hydrogen) atoms. The van der Waals surface area contributed by atoms with Crippen molar-refractivity contribution in [2.24, 2.45) is 0 Å². The van der Waals surface area contributed by atoms with Gasteiger partial charge in [-0.15, -0.1) is 11.6 Å². The second-order valence-corrected chi connectivity index (χ2v) is 10.7. The maximum Gasteiger partial charge on any atom is 0.101 e. The molecule has 3 aromatic rings. The van der Waals surface area contributed by atoms with Gasteiger partial charge in [0.15, 0.2) is 0 Å². The number of benzene rings is 3. The summed E-state index contributed by atoms with van der Waals surface area (Å²) in [5, 5.41) is 0. The van der Waals surface area contributed by atoms with E-state index in [4.69, 9.17) is 11.6 Å². The Hall–Kier alpha value is -2.05. The van der Waals surface area contributed by atoms with Crippen molar-refractivity contribution in [3.05, 3.63) is 108 Å². The van der Waals surface area contributed by atoms with Gasteiger partial charge in [-0.25, -0.2) is 0 Å². The van der Waals surface area contributed by atoms with E-state index in [0.717, 1.165) is 6.42 Å². The van der Waals surface area contributed by atoms with Gasteiger partial charge in [0.25, 0.3) is 0 Å². The Labute approximate surface area is 220 Å². The molecule has 3 rings (SSSR count). The number of halogens is 1. The number of unbranched alkanes of at least 4 members (excludes halogenated alkanes) is 11. The minimum absolute atomic E-state index is 0.221. The van der Waals surface area contributed by atoms with Crippen LogP contribution in [0.5, 0.6) is 0 Å². The SMILES string of the molecule is CCCCCCCCCCCCCCC(c1ccccc1)C(Cl)(c1ccccc1)c1ccccc1. The molecule has 0 saturated heterocycles. The van der Waals surface area contributed by atoms with Crippen molar-refractivity contribution >= 4 is 11.6 Å². The van der Waals surface area contributed by atoms with E-state index in [0.29, 0.717) is 0 Å². The topological polar surface area (TPSA) is 0 Å². The molecule has 0 bridgehead atoms. The van der Waals surface area contributed by atoms with Crippen molar-refractivity contribution in [3.63, 3.8) is 0 Å². The number of rotatable bonds is 17. The molecule has 1 heteroatoms. The minimum Gasteiger partial charge on any atom is -0.108 e. The molecule has 0 nitrogen and oxygen atoms in total. The Bertz CT molecular complexity index is 864. The van der Waals surface area contributed by atoms with Gasteiger partial charge in [0.05, 0.1) is 0 Å². The lowest BCUT2D eigenvalue weighted by Gasteiger charge is -2.37. The van der Waals surface area contributed by atoms with Crippen LogP contribution in [0.4, 0.5) is 0 Å². The Morgan fingerprint density at radius 2 is 0.886 bits per heavy atom. The fraction of sp³-hybridized carbons (Fsp3) is 0.471. The standard InChI is InChI=1S/C34H45Cl/c1-2-3-4-5-6-7-8-9-10-11-12-22-29-33(30-23-16-13-17-24-30)34(35,31-25-18-14-19-26-31)32-27-20-15-21-28-32/h13-21,23-28,33H,2-12,22,29H2,1H3. The molecule has 0 heterocycles. The van der Waals surface area contributed by atoms with Crippen molar-refractivity contribution in [2.45, 2.75) is 101 Å². The van der Waals surface area contributed by atoms with Crippen molar-refractivity contribution < 1.29 is 0 Å². The molecule has 0 radical (unpaired) electrons. The fourth-order valence-electron chi connectivity index (χ4n) is 5.40. The summed E-state index contributed by atoms with van der Waals surface area (Å²) in [5.41, 5.74) is 3.69. The maximum atomic E-state index is 7.73. The molecule has 0 aromatic heterocycles. The largest absolute Gasteiger partial charge is 0.108 e. The average Bonchev–Trinajstić information content (AvgIpc) is 2.92. The summed E-state index contributed by atoms with van der Waals surface area (Å²) in [6, 6.07) is 32.3. The van der Waals surface area contributed by atoms with Crippen LogP contribution in [0, 0.1) is 0 Å². The quantitative estimate of drug-likeness (QED) is 0.131. The molecule has 1 atom stereocenters. The van der Waals surface area contributed by atoms with Crippen LogP contribution in [0.3, 0.4) is 0 Å². The Morgan fingerprint density at radius 3 is 1.31 bits per heavy atom. The zero-order valence-electron chi connectivity index (χ0n) is 21.8. The van der Waals surface area contributed by atoms with Crippen LogP contribution < -0.4 is 0 Å². The smallest absolute Gasteiger partial charge is 0.101 e. The molecule has 0 saturated carbocycles. The lowest BCUT2D eigenvalue weighted by molar-refractivity contribution is 0.471. The lowest BCUT2D eigenvalue weighted by Crippen LogP contribution is -2.29. The van der Waals surface area contributed by atoms with Crippen molar-refractivity contribution in [1.82, 2.24) is 0 Å². The Morgan fingerprint density at radius 1 is 0.514 bits per heavy atom. The predicted octanol–water partition coefficient (Wildman–Crippen LogP) is 11.0. The molecule has 0 aliphatic carbocycles. The lowest BCUT2D eigenvalue weighted by atomic mass is 9.74. The van der Waals surface area contributed by atoms with E-state index >= 15 is 0 Å². The van der Waals surface area contributed by atoms with Gasteiger partial charge in [0, 0.05) is 5.92 Å². The highest BCUT2D eigenvalue weighted by Crippen LogP contribution is 2.50. The molecule has 0 spiro atoms. The van der Waals surface area contributed by atoms with Crippen molar-refractivity contribution in [2.75, 3.05) is 0 Å². The zero-order valence-corrected chi connectivity index (χ0v) is 22.6. The van der Waals surface area contributed by atoms with Crippen LogP contribution in [-0.4, -0.2) is 0 Å². The van der Waals surface area contributed by atoms with E-state index in [9.17, 15) is 0 Å². The first-order valence-electron chi connectivity index (χ1n) is 14.1. The fourth-order valence-corrected chi connectivity index (χ4v) is 5.89. The van der Waals surface area contributed by atoms with E-state index in [2.05, 4.69) is 97.9 Å². The van der Waals surface area contributed by atoms with E-state index < -0.39 is 4.87 Å². The van der Waals surface area contributed by atoms with Gasteiger partial charge < -0.3 is 0 Å². The Balaban J connectivity index is 1.60. The zero-order chi connectivity index (χ0) is 24.6. The van der Waals surface area contributed by atoms with Gasteiger partial charge in [-0.1, -0.05) is 175 Å². The second kappa shape index (κ2) is 15.8. The normalized spacial score (nSPS) is 12.5. The van der Waals surface area contributed by atoms with Crippen LogP contribution in [0.2, 0.25) is 0 Å². The van der Waals surface area contributed by atoms with E-state index in [-0.39, 0.29) is 5.92 Å². The van der Waals surface area contributed by atoms with Gasteiger partial charge in [-0.05, 0) is 23.1 Å². The van der Waals surface area contributed by atoms with Crippen molar-refractivity contribution in [3.8, 4) is 0 Å². The highest BCUT2D eigenvalue weighted by molar-refractivity contribution is 6.26. The van der Waals surface area contributed by atoms with Gasteiger partial charge >= 0.3 is 0 Å². The van der Waals surface area contributed by atoms with Crippen molar-refractivity contribution in [1.29, 1.82) is 0 Å². The highest BCUT2D eigenvalue weighted by atomic mass is 35.5. The highest BCUT2D eigenvalue weighted by Gasteiger charge is 2.40. The molecule has 0 fully saturated rings. The van der Waals surface area contributed by atoms with Crippen LogP contribution >= 0.6 is 11.6 Å². The number of hydrogen-bond donors (Lipinski definition) is 0. The van der Waals surface area contributed by atoms with Gasteiger partial charge in [0.1, 0.15) is 4.87 Å². The number of alkyl halides is 1. The van der Waals surface area contributed by atoms with Crippen LogP contribution in [0.15, 0.2) is 91.0 Å². The number of hydrogen-bond acceptors (Lipinski definition) is 0. The van der Waals surface area contributed by atoms with Crippen LogP contribution in [0.1, 0.15) is 113 Å². The second-order valence-electron chi connectivity index (χ2n) is 10.1. The molecule has 188 valence electrons. The summed E-state index contributed by atoms with van der Waals surface area (Å²) in [7, 11) is 0. The summed E-state index contributed by atoms with van der Waals surface area (Å²) in [4.78, 5) is -0.582. The van der Waals surface area contributed by atoms with Crippen LogP contribution in [-0.2, 0) is 4.87 Å². The Kier molecular flexibility index (Phi) is 12.5. The average molecular weight is 489 g/mol. The summed E-state index contributed by atoms with van der Waals surface area (Å²) in [6.07, 6.45) is 17.5. The minimum atomic E-state index is -0.582. The van der Waals surface area contributed by atoms with E-state index in [1.54, 1.807) is 0 Å². The molecule has 3 aromatic carbocycles.